The number of nitrogens with zero attached hydrogens (tertiary/aromatic N) is 2. The molecule has 134 valence electrons. The van der Waals surface area contributed by atoms with Crippen molar-refractivity contribution >= 4 is 23.4 Å². The number of fused-ring (bicyclic) bond motifs is 1. The van der Waals surface area contributed by atoms with Gasteiger partial charge < -0.3 is 5.32 Å². The number of pyridine rings is 1. The molecule has 2 heterocycles. The van der Waals surface area contributed by atoms with E-state index in [-0.39, 0.29) is 30.5 Å². The highest BCUT2D eigenvalue weighted by Crippen LogP contribution is 2.27. The number of benzene rings is 1. The van der Waals surface area contributed by atoms with Crippen LogP contribution in [0.2, 0.25) is 0 Å². The monoisotopic (exact) mass is 351 g/mol. The predicted octanol–water partition coefficient (Wildman–Crippen LogP) is 3.14. The summed E-state index contributed by atoms with van der Waals surface area (Å²) in [5.41, 5.74) is 3.28. The molecule has 0 unspecified atom stereocenters. The number of aromatic nitrogens is 1. The smallest absolute Gasteiger partial charge is 0.280 e. The molecule has 3 amide bonds. The Morgan fingerprint density at radius 2 is 1.92 bits per heavy atom. The van der Waals surface area contributed by atoms with E-state index in [1.807, 2.05) is 25.1 Å². The van der Waals surface area contributed by atoms with Crippen LogP contribution in [0.3, 0.4) is 0 Å². The van der Waals surface area contributed by atoms with E-state index in [4.69, 9.17) is 0 Å². The molecular weight excluding hydrogens is 330 g/mol. The number of hydrogen-bond donors (Lipinski definition) is 1. The Morgan fingerprint density at radius 3 is 2.62 bits per heavy atom. The molecule has 0 bridgehead atoms. The molecule has 0 spiro atoms. The number of imide groups is 1. The number of carbonyl (C=O) groups excluding carboxylic acids is 3. The number of carbonyl (C=O) groups is 3. The summed E-state index contributed by atoms with van der Waals surface area (Å²) in [4.78, 5) is 42.0. The Hall–Kier alpha value is -3.02. The van der Waals surface area contributed by atoms with Gasteiger partial charge in [0.25, 0.3) is 11.8 Å². The summed E-state index contributed by atoms with van der Waals surface area (Å²) in [5.74, 6) is -0.806. The van der Waals surface area contributed by atoms with Gasteiger partial charge in [-0.3, -0.25) is 24.3 Å². The van der Waals surface area contributed by atoms with Crippen LogP contribution in [0.5, 0.6) is 0 Å². The molecule has 3 rings (SSSR count). The Bertz CT molecular complexity index is 855. The molecule has 26 heavy (non-hydrogen) atoms. The van der Waals surface area contributed by atoms with Crippen molar-refractivity contribution in [2.24, 2.45) is 0 Å². The number of anilines is 1. The van der Waals surface area contributed by atoms with Crippen molar-refractivity contribution in [1.82, 2.24) is 9.88 Å². The first-order valence-corrected chi connectivity index (χ1v) is 8.60. The summed E-state index contributed by atoms with van der Waals surface area (Å²) in [6, 6.07) is 9.09. The van der Waals surface area contributed by atoms with E-state index in [0.29, 0.717) is 5.56 Å². The van der Waals surface area contributed by atoms with Gasteiger partial charge in [0, 0.05) is 24.8 Å². The zero-order chi connectivity index (χ0) is 18.8. The van der Waals surface area contributed by atoms with Crippen molar-refractivity contribution in [3.8, 4) is 0 Å². The average molecular weight is 351 g/mol. The molecule has 1 N–H and O–H groups in total. The lowest BCUT2D eigenvalue weighted by atomic mass is 9.98. The predicted molar refractivity (Wildman–Crippen MR) is 98.1 cm³/mol. The fourth-order valence-electron chi connectivity index (χ4n) is 3.07. The first-order chi connectivity index (χ1) is 12.4. The maximum Gasteiger partial charge on any atom is 0.280 e. The third kappa shape index (κ3) is 3.22. The number of rotatable bonds is 5. The van der Waals surface area contributed by atoms with Crippen LogP contribution in [0.1, 0.15) is 58.2 Å². The van der Waals surface area contributed by atoms with Crippen molar-refractivity contribution in [3.05, 3.63) is 58.9 Å². The van der Waals surface area contributed by atoms with Crippen LogP contribution in [0.15, 0.2) is 36.5 Å². The van der Waals surface area contributed by atoms with Gasteiger partial charge in [-0.2, -0.15) is 0 Å². The molecule has 1 aliphatic heterocycles. The van der Waals surface area contributed by atoms with E-state index in [1.165, 1.54) is 6.20 Å². The summed E-state index contributed by atoms with van der Waals surface area (Å²) in [6.07, 6.45) is 1.52. The maximum atomic E-state index is 12.4. The minimum atomic E-state index is -0.447. The van der Waals surface area contributed by atoms with Crippen LogP contribution >= 0.6 is 0 Å². The fourth-order valence-corrected chi connectivity index (χ4v) is 3.07. The van der Waals surface area contributed by atoms with Crippen LogP contribution in [-0.4, -0.2) is 34.2 Å². The van der Waals surface area contributed by atoms with E-state index >= 15 is 0 Å². The Balaban J connectivity index is 1.68. The molecule has 1 aromatic carbocycles. The molecule has 0 aliphatic carbocycles. The summed E-state index contributed by atoms with van der Waals surface area (Å²) in [5, 5.41) is 2.93. The molecule has 6 heteroatoms. The van der Waals surface area contributed by atoms with Crippen molar-refractivity contribution < 1.29 is 14.4 Å². The zero-order valence-electron chi connectivity index (χ0n) is 15.1. The third-order valence-electron chi connectivity index (χ3n) is 4.48. The second kappa shape index (κ2) is 7.07. The molecule has 2 aromatic rings. The Morgan fingerprint density at radius 1 is 1.15 bits per heavy atom. The molecule has 0 atom stereocenters. The van der Waals surface area contributed by atoms with Crippen LogP contribution in [-0.2, 0) is 4.79 Å². The number of para-hydroxylation sites is 1. The van der Waals surface area contributed by atoms with Crippen molar-refractivity contribution in [2.45, 2.75) is 33.1 Å². The molecular formula is C20H21N3O3. The maximum absolute atomic E-state index is 12.4. The molecule has 1 aromatic heterocycles. The van der Waals surface area contributed by atoms with Crippen molar-refractivity contribution in [3.63, 3.8) is 0 Å². The highest BCUT2D eigenvalue weighted by Gasteiger charge is 2.36. The van der Waals surface area contributed by atoms with Crippen molar-refractivity contribution in [1.29, 1.82) is 0 Å². The Labute approximate surface area is 152 Å². The highest BCUT2D eigenvalue weighted by atomic mass is 16.2. The van der Waals surface area contributed by atoms with Crippen LogP contribution < -0.4 is 5.32 Å². The largest absolute Gasteiger partial charge is 0.326 e. The zero-order valence-corrected chi connectivity index (χ0v) is 15.1. The summed E-state index contributed by atoms with van der Waals surface area (Å²) >= 11 is 0. The first kappa shape index (κ1) is 17.8. The van der Waals surface area contributed by atoms with Gasteiger partial charge in [0.1, 0.15) is 5.69 Å². The van der Waals surface area contributed by atoms with E-state index in [0.717, 1.165) is 21.7 Å². The topological polar surface area (TPSA) is 79.4 Å². The standard InChI is InChI=1S/C20H21N3O3/c1-12(2)14-7-4-6-13(3)17(14)22-16(24)9-11-23-19(25)15-8-5-10-21-18(15)20(23)26/h4-8,10,12H,9,11H2,1-3H3,(H,22,24). The van der Waals surface area contributed by atoms with Gasteiger partial charge in [-0.1, -0.05) is 32.0 Å². The number of nitrogens with one attached hydrogen (secondary N) is 1. The molecule has 0 radical (unpaired) electrons. The van der Waals surface area contributed by atoms with E-state index in [9.17, 15) is 14.4 Å². The minimum absolute atomic E-state index is 0.0305. The van der Waals surface area contributed by atoms with E-state index in [1.54, 1.807) is 12.1 Å². The summed E-state index contributed by atoms with van der Waals surface area (Å²) in [7, 11) is 0. The molecule has 0 saturated heterocycles. The van der Waals surface area contributed by atoms with Crippen LogP contribution in [0.25, 0.3) is 0 Å². The lowest BCUT2D eigenvalue weighted by Crippen LogP contribution is -2.33. The van der Waals surface area contributed by atoms with Gasteiger partial charge in [0.2, 0.25) is 5.91 Å². The summed E-state index contributed by atoms with van der Waals surface area (Å²) < 4.78 is 0. The second-order valence-electron chi connectivity index (χ2n) is 6.65. The Kier molecular flexibility index (Phi) is 4.84. The highest BCUT2D eigenvalue weighted by molar-refractivity contribution is 6.20. The van der Waals surface area contributed by atoms with E-state index < -0.39 is 11.8 Å². The van der Waals surface area contributed by atoms with Crippen LogP contribution in [0, 0.1) is 6.92 Å². The van der Waals surface area contributed by atoms with E-state index in [2.05, 4.69) is 24.1 Å². The minimum Gasteiger partial charge on any atom is -0.326 e. The van der Waals surface area contributed by atoms with Gasteiger partial charge in [0.05, 0.1) is 5.56 Å². The van der Waals surface area contributed by atoms with Crippen molar-refractivity contribution in [2.75, 3.05) is 11.9 Å². The van der Waals surface area contributed by atoms with Gasteiger partial charge in [0.15, 0.2) is 0 Å². The van der Waals surface area contributed by atoms with Gasteiger partial charge in [-0.05, 0) is 36.1 Å². The van der Waals surface area contributed by atoms with Gasteiger partial charge >= 0.3 is 0 Å². The average Bonchev–Trinajstić information content (AvgIpc) is 2.86. The quantitative estimate of drug-likeness (QED) is 0.839. The second-order valence-corrected chi connectivity index (χ2v) is 6.65. The summed E-state index contributed by atoms with van der Waals surface area (Å²) in [6.45, 7) is 6.10. The molecule has 1 aliphatic rings. The normalized spacial score (nSPS) is 13.3. The molecule has 6 nitrogen and oxygen atoms in total. The van der Waals surface area contributed by atoms with Gasteiger partial charge in [-0.15, -0.1) is 0 Å². The van der Waals surface area contributed by atoms with Crippen LogP contribution in [0.4, 0.5) is 5.69 Å². The number of amides is 3. The lowest BCUT2D eigenvalue weighted by molar-refractivity contribution is -0.116. The number of hydrogen-bond acceptors (Lipinski definition) is 4. The van der Waals surface area contributed by atoms with Gasteiger partial charge in [-0.25, -0.2) is 0 Å². The fraction of sp³-hybridized carbons (Fsp3) is 0.300. The molecule has 0 saturated carbocycles. The SMILES string of the molecule is Cc1cccc(C(C)C)c1NC(=O)CCN1C(=O)c2cccnc2C1=O. The third-order valence-corrected chi connectivity index (χ3v) is 4.48. The molecule has 0 fully saturated rings. The lowest BCUT2D eigenvalue weighted by Gasteiger charge is -2.17. The first-order valence-electron chi connectivity index (χ1n) is 8.60. The number of aryl methyl sites for hydroxylation is 1.